The van der Waals surface area contributed by atoms with Crippen molar-refractivity contribution < 1.29 is 54.9 Å². The zero-order valence-electron chi connectivity index (χ0n) is 29.6. The molecule has 4 rings (SSSR count). The first-order valence-corrected chi connectivity index (χ1v) is 17.4. The topological polar surface area (TPSA) is 160 Å². The van der Waals surface area contributed by atoms with Gasteiger partial charge in [0.2, 0.25) is 0 Å². The van der Waals surface area contributed by atoms with Crippen LogP contribution in [-0.4, -0.2) is 53.0 Å². The molecule has 0 bridgehead atoms. The summed E-state index contributed by atoms with van der Waals surface area (Å²) < 4.78 is 101. The predicted molar refractivity (Wildman–Crippen MR) is 204 cm³/mol. The summed E-state index contributed by atoms with van der Waals surface area (Å²) in [5.41, 5.74) is -1.41. The van der Waals surface area contributed by atoms with Crippen molar-refractivity contribution in [2.45, 2.75) is 61.5 Å². The quantitative estimate of drug-likeness (QED) is 0.0559. The van der Waals surface area contributed by atoms with Crippen LogP contribution in [0, 0.1) is 34.3 Å². The number of nitrogens with zero attached hydrogens (tertiary/aromatic N) is 2. The number of hydrogen-bond acceptors (Lipinski definition) is 9. The molecule has 0 aliphatic heterocycles. The summed E-state index contributed by atoms with van der Waals surface area (Å²) in [6.07, 6.45) is -9.28. The summed E-state index contributed by atoms with van der Waals surface area (Å²) in [6.45, 7) is 4.05. The van der Waals surface area contributed by atoms with Gasteiger partial charge in [0.05, 0.1) is 34.4 Å². The van der Waals surface area contributed by atoms with Crippen molar-refractivity contribution in [3.63, 3.8) is 0 Å². The van der Waals surface area contributed by atoms with Crippen molar-refractivity contribution in [3.05, 3.63) is 119 Å². The fourth-order valence-electron chi connectivity index (χ4n) is 3.79. The highest BCUT2D eigenvalue weighted by Gasteiger charge is 2.36. The lowest BCUT2D eigenvalue weighted by Gasteiger charge is -2.22. The van der Waals surface area contributed by atoms with Gasteiger partial charge in [0.1, 0.15) is 22.8 Å². The monoisotopic (exact) mass is 839 g/mol. The summed E-state index contributed by atoms with van der Waals surface area (Å²) in [7, 11) is 0. The lowest BCUT2D eigenvalue weighted by atomic mass is 10.1. The number of nitrogens with two attached hydrogens (primary N) is 1. The van der Waals surface area contributed by atoms with Gasteiger partial charge in [-0.2, -0.15) is 36.9 Å². The van der Waals surface area contributed by atoms with Gasteiger partial charge in [-0.25, -0.2) is 8.78 Å². The van der Waals surface area contributed by atoms with Crippen LogP contribution in [0.25, 0.3) is 0 Å². The van der Waals surface area contributed by atoms with Crippen LogP contribution in [0.15, 0.2) is 94.7 Å². The number of amides is 1. The number of anilines is 2. The second kappa shape index (κ2) is 22.0. The van der Waals surface area contributed by atoms with Crippen LogP contribution < -0.4 is 11.1 Å². The fourth-order valence-corrected chi connectivity index (χ4v) is 5.68. The Hall–Kier alpha value is -5.08. The molecule has 4 aromatic carbocycles. The predicted octanol–water partition coefficient (Wildman–Crippen LogP) is 8.87. The average molecular weight is 840 g/mol. The first-order chi connectivity index (χ1) is 25.4. The number of carbonyl (C=O) groups excluding carboxylic acids is 2. The van der Waals surface area contributed by atoms with Crippen LogP contribution >= 0.6 is 23.5 Å². The molecule has 2 atom stereocenters. The molecule has 57 heavy (non-hydrogen) atoms. The molecular formula is C38H36BF8N4O4S2. The van der Waals surface area contributed by atoms with Crippen LogP contribution in [0.3, 0.4) is 0 Å². The third-order valence-electron chi connectivity index (χ3n) is 7.09. The van der Waals surface area contributed by atoms with Crippen LogP contribution in [0.2, 0.25) is 0 Å². The molecule has 2 unspecified atom stereocenters. The first-order valence-electron chi connectivity index (χ1n) is 15.4. The fraction of sp³-hybridized carbons (Fsp3) is 0.263. The Morgan fingerprint density at radius 1 is 0.702 bits per heavy atom. The zero-order chi connectivity index (χ0) is 41.8. The molecule has 19 heteroatoms. The highest BCUT2D eigenvalue weighted by atomic mass is 32.2. The number of hydrogen-bond donors (Lipinski definition) is 4. The van der Waals surface area contributed by atoms with Crippen molar-refractivity contribution in [1.82, 2.24) is 0 Å². The number of Topliss-reactive ketones (excluding diaryl/α,β-unsaturated/α-hetero) is 1. The normalized spacial score (nSPS) is 12.8. The lowest BCUT2D eigenvalue weighted by molar-refractivity contribution is -0.138. The van der Waals surface area contributed by atoms with Gasteiger partial charge in [0.15, 0.2) is 5.78 Å². The maximum absolute atomic E-state index is 13.0. The van der Waals surface area contributed by atoms with Gasteiger partial charge in [-0.3, -0.25) is 9.59 Å². The van der Waals surface area contributed by atoms with Crippen LogP contribution in [0.1, 0.15) is 50.5 Å². The van der Waals surface area contributed by atoms with Gasteiger partial charge in [0, 0.05) is 41.1 Å². The molecule has 0 spiro atoms. The van der Waals surface area contributed by atoms with Crippen LogP contribution in [0.5, 0.6) is 0 Å². The van der Waals surface area contributed by atoms with E-state index in [1.807, 2.05) is 0 Å². The molecule has 5 N–H and O–H groups in total. The second-order valence-corrected chi connectivity index (χ2v) is 13.9. The highest BCUT2D eigenvalue weighted by Crippen LogP contribution is 2.35. The van der Waals surface area contributed by atoms with E-state index in [1.54, 1.807) is 12.1 Å². The number of alkyl halides is 6. The first kappa shape index (κ1) is 51.9. The van der Waals surface area contributed by atoms with E-state index in [-0.39, 0.29) is 50.3 Å². The van der Waals surface area contributed by atoms with E-state index in [0.29, 0.717) is 11.0 Å². The van der Waals surface area contributed by atoms with Gasteiger partial charge in [-0.15, -0.1) is 23.5 Å². The third kappa shape index (κ3) is 16.9. The molecule has 0 fully saturated rings. The van der Waals surface area contributed by atoms with Gasteiger partial charge >= 0.3 is 12.4 Å². The Kier molecular flexibility index (Phi) is 20.1. The molecule has 1 amide bonds. The Morgan fingerprint density at radius 3 is 1.47 bits per heavy atom. The van der Waals surface area contributed by atoms with Crippen molar-refractivity contribution in [1.29, 1.82) is 10.5 Å². The Labute approximate surface area is 334 Å². The molecule has 0 saturated carbocycles. The largest absolute Gasteiger partial charge is 0.417 e. The third-order valence-corrected chi connectivity index (χ3v) is 9.71. The standard InChI is InChI=1S/C18H14F4N2O2S.C11H13FO2S.C8H5F3N2.CH4.B/c1-17(26,10-27-14-6-3-12(19)4-7-14)16(25)24-13-5-2-11(9-23)15(8-13)18(20,21)22;1-8(13)11(2,14)7-15-10-5-3-9(12)4-6-10;9-8(10,11)7-3-6(13)2-1-5(7)4-12;;/h2-8,26H,10H2,1H3,(H,24,25);3-6,14H,7H2,1-2H3;1-3H,13H2;1H4;. The number of ketones is 1. The van der Waals surface area contributed by atoms with Crippen LogP contribution in [-0.2, 0) is 21.9 Å². The number of rotatable bonds is 9. The van der Waals surface area contributed by atoms with E-state index >= 15 is 0 Å². The van der Waals surface area contributed by atoms with E-state index in [1.165, 1.54) is 87.1 Å². The number of aliphatic hydroxyl groups is 2. The van der Waals surface area contributed by atoms with Crippen molar-refractivity contribution in [3.8, 4) is 12.1 Å². The van der Waals surface area contributed by atoms with E-state index in [4.69, 9.17) is 16.3 Å². The van der Waals surface area contributed by atoms with E-state index in [2.05, 4.69) is 5.32 Å². The summed E-state index contributed by atoms with van der Waals surface area (Å²) in [5, 5.41) is 39.3. The zero-order valence-corrected chi connectivity index (χ0v) is 31.2. The summed E-state index contributed by atoms with van der Waals surface area (Å²) in [6, 6.07) is 20.0. The maximum atomic E-state index is 13.0. The molecule has 0 aliphatic carbocycles. The van der Waals surface area contributed by atoms with Crippen molar-refractivity contribution >= 4 is 55.0 Å². The highest BCUT2D eigenvalue weighted by molar-refractivity contribution is 7.99. The van der Waals surface area contributed by atoms with Gasteiger partial charge < -0.3 is 21.3 Å². The average Bonchev–Trinajstić information content (AvgIpc) is 3.11. The van der Waals surface area contributed by atoms with Crippen molar-refractivity contribution in [2.75, 3.05) is 22.6 Å². The Balaban J connectivity index is 0.000000888. The van der Waals surface area contributed by atoms with E-state index in [0.717, 1.165) is 40.9 Å². The number of nitrogens with one attached hydrogen (secondary N) is 1. The smallest absolute Gasteiger partial charge is 0.399 e. The molecule has 0 heterocycles. The molecular weight excluding hydrogens is 803 g/mol. The summed E-state index contributed by atoms with van der Waals surface area (Å²) in [5.74, 6) is -1.73. The molecule has 0 saturated heterocycles. The molecule has 3 radical (unpaired) electrons. The van der Waals surface area contributed by atoms with E-state index < -0.39 is 57.5 Å². The Bertz CT molecular complexity index is 2030. The number of halogens is 8. The van der Waals surface area contributed by atoms with E-state index in [9.17, 15) is 54.9 Å². The van der Waals surface area contributed by atoms with Gasteiger partial charge in [0.25, 0.3) is 5.91 Å². The minimum absolute atomic E-state index is 0. The lowest BCUT2D eigenvalue weighted by Crippen LogP contribution is -2.42. The summed E-state index contributed by atoms with van der Waals surface area (Å²) in [4.78, 5) is 24.7. The molecule has 303 valence electrons. The SMILES string of the molecule is C.CC(=O)C(C)(O)CSc1ccc(F)cc1.CC(O)(CSc1ccc(F)cc1)C(=O)Nc1ccc(C#N)c(C(F)(F)F)c1.N#Cc1ccc(N)cc1C(F)(F)F.[B]. The molecule has 0 aromatic heterocycles. The van der Waals surface area contributed by atoms with Crippen LogP contribution in [0.4, 0.5) is 46.5 Å². The molecule has 8 nitrogen and oxygen atoms in total. The minimum Gasteiger partial charge on any atom is -0.399 e. The number of carbonyl (C=O) groups is 2. The second-order valence-electron chi connectivity index (χ2n) is 11.8. The summed E-state index contributed by atoms with van der Waals surface area (Å²) >= 11 is 2.41. The number of benzene rings is 4. The van der Waals surface area contributed by atoms with Gasteiger partial charge in [-0.05, 0) is 106 Å². The molecule has 0 aliphatic rings. The maximum Gasteiger partial charge on any atom is 0.417 e. The Morgan fingerprint density at radius 2 is 1.09 bits per heavy atom. The van der Waals surface area contributed by atoms with Gasteiger partial charge in [-0.1, -0.05) is 7.43 Å². The van der Waals surface area contributed by atoms with Crippen molar-refractivity contribution in [2.24, 2.45) is 0 Å². The minimum atomic E-state index is -4.76. The number of nitriles is 2. The number of thioether (sulfide) groups is 2. The molecule has 4 aromatic rings. The number of nitrogen functional groups attached to an aromatic ring is 1.